The Labute approximate surface area is 221 Å². The summed E-state index contributed by atoms with van der Waals surface area (Å²) in [6.07, 6.45) is 0. The second kappa shape index (κ2) is 11.1. The number of aromatic nitrogens is 3. The monoisotopic (exact) mass is 539 g/mol. The molecule has 0 unspecified atom stereocenters. The molecular formula is C23H18ClN7O3S2. The van der Waals surface area contributed by atoms with Crippen LogP contribution in [-0.2, 0) is 0 Å². The van der Waals surface area contributed by atoms with Crippen molar-refractivity contribution in [2.45, 2.75) is 0 Å². The van der Waals surface area contributed by atoms with Crippen LogP contribution in [0.2, 0.25) is 5.02 Å². The lowest BCUT2D eigenvalue weighted by Gasteiger charge is -2.17. The quantitative estimate of drug-likeness (QED) is 0.157. The van der Waals surface area contributed by atoms with Crippen LogP contribution in [0.1, 0.15) is 0 Å². The number of nitrogens with one attached hydrogen (secondary N) is 3. The first-order valence-electron chi connectivity index (χ1n) is 10.3. The molecule has 0 radical (unpaired) electrons. The molecule has 0 atom stereocenters. The topological polar surface area (TPSA) is 119 Å². The highest BCUT2D eigenvalue weighted by atomic mass is 35.5. The van der Waals surface area contributed by atoms with Crippen molar-refractivity contribution in [2.24, 2.45) is 0 Å². The van der Waals surface area contributed by atoms with Crippen LogP contribution in [0.3, 0.4) is 0 Å². The summed E-state index contributed by atoms with van der Waals surface area (Å²) < 4.78 is 6.96. The number of benzene rings is 3. The number of non-ortho nitro benzene ring substituents is 1. The second-order valence-corrected chi connectivity index (χ2v) is 8.41. The Morgan fingerprint density at radius 2 is 1.69 bits per heavy atom. The molecule has 1 aromatic heterocycles. The van der Waals surface area contributed by atoms with Gasteiger partial charge in [0.1, 0.15) is 5.75 Å². The van der Waals surface area contributed by atoms with Crippen LogP contribution in [0.5, 0.6) is 5.75 Å². The lowest BCUT2D eigenvalue weighted by molar-refractivity contribution is -0.384. The Hall–Kier alpha value is -4.13. The predicted molar refractivity (Wildman–Crippen MR) is 145 cm³/mol. The zero-order valence-corrected chi connectivity index (χ0v) is 21.0. The van der Waals surface area contributed by atoms with E-state index in [2.05, 4.69) is 26.1 Å². The lowest BCUT2D eigenvalue weighted by Crippen LogP contribution is -2.35. The van der Waals surface area contributed by atoms with E-state index in [0.717, 1.165) is 11.4 Å². The van der Waals surface area contributed by atoms with Gasteiger partial charge in [-0.2, -0.15) is 9.97 Å². The number of nitro groups is 1. The fourth-order valence-electron chi connectivity index (χ4n) is 3.12. The first-order chi connectivity index (χ1) is 17.3. The molecule has 0 aliphatic rings. The van der Waals surface area contributed by atoms with Crippen molar-refractivity contribution in [2.75, 3.05) is 17.9 Å². The van der Waals surface area contributed by atoms with Crippen molar-refractivity contribution in [3.05, 3.63) is 92.7 Å². The molecule has 0 bridgehead atoms. The van der Waals surface area contributed by atoms with E-state index in [-0.39, 0.29) is 27.3 Å². The third-order valence-electron chi connectivity index (χ3n) is 4.87. The van der Waals surface area contributed by atoms with E-state index in [0.29, 0.717) is 16.3 Å². The molecule has 13 heteroatoms. The fourth-order valence-corrected chi connectivity index (χ4v) is 3.70. The van der Waals surface area contributed by atoms with E-state index in [9.17, 15) is 10.1 Å². The van der Waals surface area contributed by atoms with Crippen molar-refractivity contribution in [3.63, 3.8) is 0 Å². The molecular weight excluding hydrogens is 522 g/mol. The van der Waals surface area contributed by atoms with Crippen LogP contribution in [0.4, 0.5) is 17.3 Å². The van der Waals surface area contributed by atoms with Gasteiger partial charge in [0.05, 0.1) is 17.7 Å². The molecule has 0 saturated heterocycles. The van der Waals surface area contributed by atoms with Gasteiger partial charge < -0.3 is 10.1 Å². The van der Waals surface area contributed by atoms with Gasteiger partial charge in [-0.05, 0) is 85.1 Å². The smallest absolute Gasteiger partial charge is 0.269 e. The van der Waals surface area contributed by atoms with E-state index in [4.69, 9.17) is 40.8 Å². The summed E-state index contributed by atoms with van der Waals surface area (Å²) in [7, 11) is 1.59. The number of thiocarbonyl (C=S) groups is 1. The Kier molecular flexibility index (Phi) is 7.68. The van der Waals surface area contributed by atoms with Crippen molar-refractivity contribution in [3.8, 4) is 22.8 Å². The molecule has 0 aliphatic carbocycles. The van der Waals surface area contributed by atoms with Gasteiger partial charge in [-0.1, -0.05) is 11.6 Å². The van der Waals surface area contributed by atoms with E-state index in [1.54, 1.807) is 60.2 Å². The molecule has 0 amide bonds. The molecule has 0 spiro atoms. The standard InChI is InChI=1S/C23H18ClN7O3S2/c1-34-19-12-6-16(7-13-19)25-22(35)29-28-21-26-20(14-2-8-18(9-3-14)31(32)33)27-23(36)30(21)17-10-4-15(24)5-11-17/h2-13H,1H3,(H2,25,29,35)(H,26,27,28,36). The molecule has 182 valence electrons. The van der Waals surface area contributed by atoms with Gasteiger partial charge in [-0.3, -0.25) is 25.5 Å². The first kappa shape index (κ1) is 25.0. The van der Waals surface area contributed by atoms with Crippen LogP contribution in [0.15, 0.2) is 72.8 Å². The third-order valence-corrected chi connectivity index (χ3v) is 5.60. The third kappa shape index (κ3) is 5.92. The van der Waals surface area contributed by atoms with Gasteiger partial charge in [0, 0.05) is 28.4 Å². The molecule has 3 aromatic carbocycles. The zero-order chi connectivity index (χ0) is 25.7. The van der Waals surface area contributed by atoms with Crippen LogP contribution < -0.4 is 20.9 Å². The number of methoxy groups -OCH3 is 1. The fraction of sp³-hybridized carbons (Fsp3) is 0.0435. The van der Waals surface area contributed by atoms with Crippen LogP contribution in [0, 0.1) is 14.9 Å². The molecule has 0 aliphatic heterocycles. The summed E-state index contributed by atoms with van der Waals surface area (Å²) >= 11 is 17.0. The molecule has 4 rings (SSSR count). The van der Waals surface area contributed by atoms with Crippen molar-refractivity contribution < 1.29 is 9.66 Å². The molecule has 0 saturated carbocycles. The second-order valence-electron chi connectivity index (χ2n) is 7.20. The number of halogens is 1. The summed E-state index contributed by atoms with van der Waals surface area (Å²) in [6, 6.07) is 20.1. The molecule has 0 fully saturated rings. The zero-order valence-electron chi connectivity index (χ0n) is 18.6. The maximum atomic E-state index is 11.0. The van der Waals surface area contributed by atoms with Crippen LogP contribution in [-0.4, -0.2) is 31.7 Å². The van der Waals surface area contributed by atoms with E-state index in [1.807, 2.05) is 12.1 Å². The average molecular weight is 540 g/mol. The minimum absolute atomic E-state index is 0.0422. The largest absolute Gasteiger partial charge is 0.497 e. The summed E-state index contributed by atoms with van der Waals surface area (Å²) in [6.45, 7) is 0. The Bertz CT molecular complexity index is 1460. The van der Waals surface area contributed by atoms with E-state index >= 15 is 0 Å². The van der Waals surface area contributed by atoms with E-state index < -0.39 is 4.92 Å². The lowest BCUT2D eigenvalue weighted by atomic mass is 10.2. The maximum absolute atomic E-state index is 11.0. The Morgan fingerprint density at radius 1 is 1.03 bits per heavy atom. The average Bonchev–Trinajstić information content (AvgIpc) is 2.88. The van der Waals surface area contributed by atoms with Crippen molar-refractivity contribution >= 4 is 58.5 Å². The van der Waals surface area contributed by atoms with Crippen molar-refractivity contribution in [1.29, 1.82) is 0 Å². The van der Waals surface area contributed by atoms with Gasteiger partial charge >= 0.3 is 0 Å². The first-order valence-corrected chi connectivity index (χ1v) is 11.5. The van der Waals surface area contributed by atoms with Gasteiger partial charge in [0.25, 0.3) is 5.69 Å². The molecule has 36 heavy (non-hydrogen) atoms. The number of hydrogen-bond acceptors (Lipinski definition) is 8. The summed E-state index contributed by atoms with van der Waals surface area (Å²) in [5.74, 6) is 1.28. The Balaban J connectivity index is 1.64. The van der Waals surface area contributed by atoms with Crippen LogP contribution >= 0.6 is 36.0 Å². The van der Waals surface area contributed by atoms with Gasteiger partial charge in [-0.25, -0.2) is 0 Å². The summed E-state index contributed by atoms with van der Waals surface area (Å²) in [4.78, 5) is 19.5. The normalized spacial score (nSPS) is 10.4. The predicted octanol–water partition coefficient (Wildman–Crippen LogP) is 5.55. The molecule has 3 N–H and O–H groups in total. The minimum Gasteiger partial charge on any atom is -0.497 e. The van der Waals surface area contributed by atoms with Gasteiger partial charge in [-0.15, -0.1) is 0 Å². The number of hydrogen-bond donors (Lipinski definition) is 3. The molecule has 1 heterocycles. The maximum Gasteiger partial charge on any atom is 0.269 e. The summed E-state index contributed by atoms with van der Waals surface area (Å²) in [5.41, 5.74) is 7.79. The Morgan fingerprint density at radius 3 is 2.31 bits per heavy atom. The van der Waals surface area contributed by atoms with Crippen LogP contribution in [0.25, 0.3) is 17.1 Å². The SMILES string of the molecule is COc1ccc(NC(=S)NNc2nc(-c3ccc([N+](=O)[O-])cc3)nc(=S)n2-c2ccc(Cl)cc2)cc1. The number of anilines is 2. The number of nitrogens with zero attached hydrogens (tertiary/aromatic N) is 4. The number of ether oxygens (including phenoxy) is 1. The van der Waals surface area contributed by atoms with E-state index in [1.165, 1.54) is 12.1 Å². The van der Waals surface area contributed by atoms with Crippen molar-refractivity contribution in [1.82, 2.24) is 20.0 Å². The number of rotatable bonds is 7. The van der Waals surface area contributed by atoms with Gasteiger partial charge in [0.2, 0.25) is 10.7 Å². The minimum atomic E-state index is -0.476. The van der Waals surface area contributed by atoms with Gasteiger partial charge in [0.15, 0.2) is 10.9 Å². The highest BCUT2D eigenvalue weighted by molar-refractivity contribution is 7.80. The molecule has 10 nitrogen and oxygen atoms in total. The number of hydrazine groups is 1. The molecule has 4 aromatic rings. The number of nitro benzene ring substituents is 1. The highest BCUT2D eigenvalue weighted by Gasteiger charge is 2.14. The summed E-state index contributed by atoms with van der Waals surface area (Å²) in [5, 5.41) is 14.9. The highest BCUT2D eigenvalue weighted by Crippen LogP contribution is 2.23.